The molecule has 2 aliphatic carbocycles. The maximum absolute atomic E-state index is 4.79. The number of rotatable bonds is 5. The van der Waals surface area contributed by atoms with Crippen LogP contribution in [-0.4, -0.2) is 24.7 Å². The molecule has 0 bridgehead atoms. The Kier molecular flexibility index (Phi) is 4.32. The monoisotopic (exact) mass is 360 g/mol. The fourth-order valence-corrected chi connectivity index (χ4v) is 4.21. The zero-order valence-corrected chi connectivity index (χ0v) is 15.4. The molecule has 3 aromatic rings. The van der Waals surface area contributed by atoms with Gasteiger partial charge in [-0.15, -0.1) is 0 Å². The van der Waals surface area contributed by atoms with E-state index in [-0.39, 0.29) is 0 Å². The summed E-state index contributed by atoms with van der Waals surface area (Å²) in [5.74, 6) is 1.64. The molecule has 1 N–H and O–H groups in total. The van der Waals surface area contributed by atoms with Crippen LogP contribution < -0.4 is 5.32 Å². The fraction of sp³-hybridized carbons (Fsp3) is 0.429. The summed E-state index contributed by atoms with van der Waals surface area (Å²) in [4.78, 5) is 14.0. The predicted molar refractivity (Wildman–Crippen MR) is 104 cm³/mol. The minimum absolute atomic E-state index is 0.581. The van der Waals surface area contributed by atoms with Gasteiger partial charge in [0, 0.05) is 23.7 Å². The average Bonchev–Trinajstić information content (AvgIpc) is 3.47. The molecular weight excluding hydrogens is 336 g/mol. The number of fused-ring (bicyclic) bond motifs is 1. The lowest BCUT2D eigenvalue weighted by atomic mass is 10.2. The number of aromatic nitrogens is 5. The molecule has 1 saturated carbocycles. The van der Waals surface area contributed by atoms with Gasteiger partial charge >= 0.3 is 0 Å². The molecule has 0 unspecified atom stereocenters. The SMILES string of the molecule is c1ccc(-c2nc3c(c(NCc4ccn(C5CCCC5)n4)n2)CCC3)nc1. The lowest BCUT2D eigenvalue weighted by molar-refractivity contribution is 0.463. The smallest absolute Gasteiger partial charge is 0.180 e. The molecule has 138 valence electrons. The lowest BCUT2D eigenvalue weighted by Crippen LogP contribution is -2.10. The maximum atomic E-state index is 4.79. The first-order valence-electron chi connectivity index (χ1n) is 9.96. The van der Waals surface area contributed by atoms with E-state index in [1.165, 1.54) is 31.2 Å². The standard InChI is InChI=1S/C21H24N6/c1-2-7-16(6-1)27-13-11-15(26-27)14-23-20-17-8-5-10-18(17)24-21(25-20)19-9-3-4-12-22-19/h3-4,9,11-13,16H,1-2,5-8,10,14H2,(H,23,24,25). The molecule has 27 heavy (non-hydrogen) atoms. The van der Waals surface area contributed by atoms with Gasteiger partial charge < -0.3 is 5.32 Å². The van der Waals surface area contributed by atoms with E-state index in [1.54, 1.807) is 6.20 Å². The Balaban J connectivity index is 1.37. The molecule has 0 spiro atoms. The Morgan fingerprint density at radius 2 is 1.96 bits per heavy atom. The van der Waals surface area contributed by atoms with E-state index in [1.807, 2.05) is 18.2 Å². The minimum Gasteiger partial charge on any atom is -0.364 e. The van der Waals surface area contributed by atoms with Crippen LogP contribution in [0.1, 0.15) is 55.1 Å². The zero-order chi connectivity index (χ0) is 18.1. The summed E-state index contributed by atoms with van der Waals surface area (Å²) in [6, 6.07) is 8.55. The second-order valence-corrected chi connectivity index (χ2v) is 7.47. The molecule has 6 nitrogen and oxygen atoms in total. The summed E-state index contributed by atoms with van der Waals surface area (Å²) >= 11 is 0. The third-order valence-electron chi connectivity index (χ3n) is 5.63. The van der Waals surface area contributed by atoms with Gasteiger partial charge in [-0.05, 0) is 50.3 Å². The van der Waals surface area contributed by atoms with Crippen LogP contribution in [0.3, 0.4) is 0 Å². The van der Waals surface area contributed by atoms with Crippen molar-refractivity contribution in [2.45, 2.75) is 57.5 Å². The first kappa shape index (κ1) is 16.4. The van der Waals surface area contributed by atoms with Gasteiger partial charge in [0.1, 0.15) is 11.5 Å². The first-order chi connectivity index (χ1) is 13.4. The Hall–Kier alpha value is -2.76. The van der Waals surface area contributed by atoms with Gasteiger partial charge in [0.15, 0.2) is 5.82 Å². The number of nitrogens with zero attached hydrogens (tertiary/aromatic N) is 5. The van der Waals surface area contributed by atoms with Gasteiger partial charge in [-0.2, -0.15) is 5.10 Å². The van der Waals surface area contributed by atoms with Crippen molar-refractivity contribution in [2.75, 3.05) is 5.32 Å². The molecule has 6 heteroatoms. The minimum atomic E-state index is 0.581. The van der Waals surface area contributed by atoms with Gasteiger partial charge in [-0.25, -0.2) is 9.97 Å². The molecule has 0 saturated heterocycles. The van der Waals surface area contributed by atoms with Crippen LogP contribution in [0.25, 0.3) is 11.5 Å². The van der Waals surface area contributed by atoms with Crippen LogP contribution in [0.4, 0.5) is 5.82 Å². The third kappa shape index (κ3) is 3.31. The Bertz CT molecular complexity index is 927. The lowest BCUT2D eigenvalue weighted by Gasteiger charge is -2.12. The predicted octanol–water partition coefficient (Wildman–Crippen LogP) is 3.95. The molecule has 3 heterocycles. The highest BCUT2D eigenvalue weighted by molar-refractivity contribution is 5.57. The first-order valence-corrected chi connectivity index (χ1v) is 9.96. The van der Waals surface area contributed by atoms with Crippen molar-refractivity contribution in [1.82, 2.24) is 24.7 Å². The van der Waals surface area contributed by atoms with Crippen molar-refractivity contribution in [1.29, 1.82) is 0 Å². The summed E-state index contributed by atoms with van der Waals surface area (Å²) in [6.07, 6.45) is 12.2. The molecule has 3 aromatic heterocycles. The van der Waals surface area contributed by atoms with Crippen LogP contribution >= 0.6 is 0 Å². The fourth-order valence-electron chi connectivity index (χ4n) is 4.21. The average molecular weight is 360 g/mol. The number of hydrogen-bond acceptors (Lipinski definition) is 5. The number of aryl methyl sites for hydroxylation is 1. The van der Waals surface area contributed by atoms with E-state index >= 15 is 0 Å². The summed E-state index contributed by atoms with van der Waals surface area (Å²) in [6.45, 7) is 0.685. The van der Waals surface area contributed by atoms with E-state index in [9.17, 15) is 0 Å². The van der Waals surface area contributed by atoms with E-state index in [0.29, 0.717) is 18.4 Å². The van der Waals surface area contributed by atoms with Gasteiger partial charge in [0.05, 0.1) is 18.3 Å². The molecule has 1 fully saturated rings. The Labute approximate surface area is 159 Å². The number of anilines is 1. The molecule has 2 aliphatic rings. The number of hydrogen-bond donors (Lipinski definition) is 1. The molecule has 0 atom stereocenters. The van der Waals surface area contributed by atoms with Crippen LogP contribution in [0.15, 0.2) is 36.7 Å². The summed E-state index contributed by atoms with van der Waals surface area (Å²) < 4.78 is 2.15. The highest BCUT2D eigenvalue weighted by atomic mass is 15.3. The summed E-state index contributed by atoms with van der Waals surface area (Å²) in [5, 5.41) is 8.30. The van der Waals surface area contributed by atoms with Crippen molar-refractivity contribution in [3.63, 3.8) is 0 Å². The molecule has 0 aromatic carbocycles. The quantitative estimate of drug-likeness (QED) is 0.746. The van der Waals surface area contributed by atoms with Crippen molar-refractivity contribution >= 4 is 5.82 Å². The van der Waals surface area contributed by atoms with Crippen LogP contribution in [0.5, 0.6) is 0 Å². The van der Waals surface area contributed by atoms with E-state index in [0.717, 1.165) is 42.2 Å². The van der Waals surface area contributed by atoms with Crippen LogP contribution in [0.2, 0.25) is 0 Å². The number of pyridine rings is 1. The summed E-state index contributed by atoms with van der Waals surface area (Å²) in [5.41, 5.74) is 4.29. The second-order valence-electron chi connectivity index (χ2n) is 7.47. The van der Waals surface area contributed by atoms with Crippen molar-refractivity contribution in [3.05, 3.63) is 53.6 Å². The van der Waals surface area contributed by atoms with Crippen molar-refractivity contribution < 1.29 is 0 Å². The van der Waals surface area contributed by atoms with Gasteiger partial charge in [0.2, 0.25) is 0 Å². The van der Waals surface area contributed by atoms with Crippen LogP contribution in [0, 0.1) is 0 Å². The number of nitrogens with one attached hydrogen (secondary N) is 1. The molecule has 0 radical (unpaired) electrons. The normalized spacial score (nSPS) is 16.6. The maximum Gasteiger partial charge on any atom is 0.180 e. The molecule has 0 amide bonds. The highest BCUT2D eigenvalue weighted by Gasteiger charge is 2.21. The van der Waals surface area contributed by atoms with Crippen molar-refractivity contribution in [2.24, 2.45) is 0 Å². The topological polar surface area (TPSA) is 68.5 Å². The molecule has 5 rings (SSSR count). The highest BCUT2D eigenvalue weighted by Crippen LogP contribution is 2.30. The zero-order valence-electron chi connectivity index (χ0n) is 15.4. The van der Waals surface area contributed by atoms with Gasteiger partial charge in [-0.3, -0.25) is 9.67 Å². The molecular formula is C21H24N6. The Morgan fingerprint density at radius 1 is 1.04 bits per heavy atom. The van der Waals surface area contributed by atoms with E-state index in [4.69, 9.17) is 15.1 Å². The van der Waals surface area contributed by atoms with Gasteiger partial charge in [-0.1, -0.05) is 18.9 Å². The third-order valence-corrected chi connectivity index (χ3v) is 5.63. The van der Waals surface area contributed by atoms with E-state index < -0.39 is 0 Å². The van der Waals surface area contributed by atoms with Crippen LogP contribution in [-0.2, 0) is 19.4 Å². The largest absolute Gasteiger partial charge is 0.364 e. The van der Waals surface area contributed by atoms with Crippen molar-refractivity contribution in [3.8, 4) is 11.5 Å². The molecule has 0 aliphatic heterocycles. The van der Waals surface area contributed by atoms with E-state index in [2.05, 4.69) is 27.2 Å². The summed E-state index contributed by atoms with van der Waals surface area (Å²) in [7, 11) is 0. The Morgan fingerprint density at radius 3 is 2.81 bits per heavy atom. The van der Waals surface area contributed by atoms with Gasteiger partial charge in [0.25, 0.3) is 0 Å². The second kappa shape index (κ2) is 7.10.